The van der Waals surface area contributed by atoms with Crippen molar-refractivity contribution in [2.45, 2.75) is 13.0 Å². The minimum absolute atomic E-state index is 0.221. The minimum atomic E-state index is -1.19. The molecular weight excluding hydrogens is 192 g/mol. The monoisotopic (exact) mass is 199 g/mol. The van der Waals surface area contributed by atoms with Gasteiger partial charge in [-0.25, -0.2) is 9.50 Å². The summed E-state index contributed by atoms with van der Waals surface area (Å²) >= 11 is 0. The van der Waals surface area contributed by atoms with Crippen LogP contribution in [0.4, 0.5) is 8.78 Å². The standard InChI is InChI=1S/C8H7F2N3O/c1-4(14)5-2-3-13-8(11-5)6(9)7(10)12-13/h2-4,14H,1H3. The Morgan fingerprint density at radius 1 is 1.50 bits per heavy atom. The minimum Gasteiger partial charge on any atom is -0.387 e. The van der Waals surface area contributed by atoms with Gasteiger partial charge in [-0.1, -0.05) is 0 Å². The van der Waals surface area contributed by atoms with Crippen molar-refractivity contribution in [3.05, 3.63) is 29.7 Å². The van der Waals surface area contributed by atoms with Gasteiger partial charge >= 0.3 is 0 Å². The van der Waals surface area contributed by atoms with Gasteiger partial charge < -0.3 is 5.11 Å². The van der Waals surface area contributed by atoms with Crippen molar-refractivity contribution in [3.63, 3.8) is 0 Å². The van der Waals surface area contributed by atoms with Crippen LogP contribution in [0.15, 0.2) is 12.3 Å². The zero-order chi connectivity index (χ0) is 10.3. The fraction of sp³-hybridized carbons (Fsp3) is 0.250. The number of fused-ring (bicyclic) bond motifs is 1. The molecule has 0 spiro atoms. The van der Waals surface area contributed by atoms with Crippen molar-refractivity contribution in [2.24, 2.45) is 0 Å². The van der Waals surface area contributed by atoms with E-state index in [0.717, 1.165) is 4.52 Å². The highest BCUT2D eigenvalue weighted by molar-refractivity contribution is 5.39. The highest BCUT2D eigenvalue weighted by Crippen LogP contribution is 2.14. The first-order valence-electron chi connectivity index (χ1n) is 3.98. The lowest BCUT2D eigenvalue weighted by atomic mass is 10.3. The maximum atomic E-state index is 13.0. The van der Waals surface area contributed by atoms with E-state index in [2.05, 4.69) is 10.1 Å². The first-order chi connectivity index (χ1) is 6.59. The van der Waals surface area contributed by atoms with Crippen LogP contribution in [0.5, 0.6) is 0 Å². The highest BCUT2D eigenvalue weighted by Gasteiger charge is 2.14. The molecule has 0 aliphatic rings. The number of aliphatic hydroxyl groups is 1. The molecule has 4 nitrogen and oxygen atoms in total. The fourth-order valence-electron chi connectivity index (χ4n) is 1.12. The second kappa shape index (κ2) is 2.98. The molecule has 2 aromatic rings. The summed E-state index contributed by atoms with van der Waals surface area (Å²) < 4.78 is 26.6. The topological polar surface area (TPSA) is 50.4 Å². The smallest absolute Gasteiger partial charge is 0.271 e. The molecule has 6 heteroatoms. The van der Waals surface area contributed by atoms with Crippen LogP contribution in [0.3, 0.4) is 0 Å². The van der Waals surface area contributed by atoms with Gasteiger partial charge in [-0.15, -0.1) is 5.10 Å². The third-order valence-electron chi connectivity index (χ3n) is 1.84. The molecule has 2 rings (SSSR count). The summed E-state index contributed by atoms with van der Waals surface area (Å²) in [5.41, 5.74) is 0.0530. The molecule has 0 aromatic carbocycles. The van der Waals surface area contributed by atoms with Crippen LogP contribution in [0.1, 0.15) is 18.7 Å². The second-order valence-electron chi connectivity index (χ2n) is 2.90. The maximum Gasteiger partial charge on any atom is 0.271 e. The Morgan fingerprint density at radius 2 is 2.21 bits per heavy atom. The van der Waals surface area contributed by atoms with Gasteiger partial charge in [-0.05, 0) is 13.0 Å². The van der Waals surface area contributed by atoms with Gasteiger partial charge in [-0.2, -0.15) is 8.78 Å². The lowest BCUT2D eigenvalue weighted by molar-refractivity contribution is 0.194. The summed E-state index contributed by atoms with van der Waals surface area (Å²) in [6.45, 7) is 1.49. The summed E-state index contributed by atoms with van der Waals surface area (Å²) in [6.07, 6.45) is 0.522. The van der Waals surface area contributed by atoms with E-state index in [1.807, 2.05) is 0 Å². The molecule has 1 N–H and O–H groups in total. The van der Waals surface area contributed by atoms with Gasteiger partial charge in [-0.3, -0.25) is 0 Å². The lowest BCUT2D eigenvalue weighted by Gasteiger charge is -2.02. The summed E-state index contributed by atoms with van der Waals surface area (Å²) in [7, 11) is 0. The van der Waals surface area contributed by atoms with E-state index in [1.165, 1.54) is 19.2 Å². The molecule has 0 fully saturated rings. The number of nitrogens with zero attached hydrogens (tertiary/aromatic N) is 3. The molecule has 1 atom stereocenters. The van der Waals surface area contributed by atoms with Gasteiger partial charge in [0.25, 0.3) is 5.95 Å². The molecule has 0 saturated carbocycles. The molecule has 1 unspecified atom stereocenters. The molecule has 2 heterocycles. The largest absolute Gasteiger partial charge is 0.387 e. The molecule has 0 radical (unpaired) electrons. The maximum absolute atomic E-state index is 13.0. The molecule has 0 bridgehead atoms. The number of aromatic nitrogens is 3. The Labute approximate surface area is 77.8 Å². The Bertz CT molecular complexity index is 481. The van der Waals surface area contributed by atoms with Crippen molar-refractivity contribution in [1.82, 2.24) is 14.6 Å². The van der Waals surface area contributed by atoms with Crippen molar-refractivity contribution in [1.29, 1.82) is 0 Å². The summed E-state index contributed by atoms with van der Waals surface area (Å²) in [4.78, 5) is 3.73. The van der Waals surface area contributed by atoms with E-state index in [-0.39, 0.29) is 11.3 Å². The SMILES string of the molecule is CC(O)c1ccn2nc(F)c(F)c2n1. The number of halogens is 2. The first-order valence-corrected chi connectivity index (χ1v) is 3.98. The normalized spacial score (nSPS) is 13.4. The zero-order valence-corrected chi connectivity index (χ0v) is 7.28. The Morgan fingerprint density at radius 3 is 2.86 bits per heavy atom. The molecule has 0 saturated heterocycles. The average molecular weight is 199 g/mol. The van der Waals surface area contributed by atoms with E-state index < -0.39 is 17.9 Å². The Balaban J connectivity index is 2.69. The summed E-state index contributed by atoms with van der Waals surface area (Å²) in [5, 5.41) is 12.4. The van der Waals surface area contributed by atoms with Crippen LogP contribution in [-0.4, -0.2) is 19.7 Å². The molecule has 0 amide bonds. The van der Waals surface area contributed by atoms with Gasteiger partial charge in [0.1, 0.15) is 0 Å². The number of rotatable bonds is 1. The van der Waals surface area contributed by atoms with E-state index in [1.54, 1.807) is 0 Å². The first kappa shape index (κ1) is 9.01. The van der Waals surface area contributed by atoms with Crippen LogP contribution >= 0.6 is 0 Å². The molecule has 0 aliphatic heterocycles. The second-order valence-corrected chi connectivity index (χ2v) is 2.90. The lowest BCUT2D eigenvalue weighted by Crippen LogP contribution is -1.99. The van der Waals surface area contributed by atoms with E-state index in [4.69, 9.17) is 0 Å². The van der Waals surface area contributed by atoms with Crippen molar-refractivity contribution in [3.8, 4) is 0 Å². The third kappa shape index (κ3) is 1.24. The van der Waals surface area contributed by atoms with Gasteiger partial charge in [0.15, 0.2) is 5.65 Å². The van der Waals surface area contributed by atoms with Crippen LogP contribution in [0, 0.1) is 11.8 Å². The fourth-order valence-corrected chi connectivity index (χ4v) is 1.12. The zero-order valence-electron chi connectivity index (χ0n) is 7.28. The highest BCUT2D eigenvalue weighted by atomic mass is 19.2. The van der Waals surface area contributed by atoms with Crippen LogP contribution in [0.25, 0.3) is 5.65 Å². The van der Waals surface area contributed by atoms with Crippen molar-refractivity contribution >= 4 is 5.65 Å². The molecule has 74 valence electrons. The van der Waals surface area contributed by atoms with Gasteiger partial charge in [0, 0.05) is 6.20 Å². The van der Waals surface area contributed by atoms with Gasteiger partial charge in [0.2, 0.25) is 5.82 Å². The Hall–Kier alpha value is -1.56. The molecule has 2 aromatic heterocycles. The van der Waals surface area contributed by atoms with Crippen molar-refractivity contribution < 1.29 is 13.9 Å². The molecule has 14 heavy (non-hydrogen) atoms. The number of hydrogen-bond acceptors (Lipinski definition) is 3. The van der Waals surface area contributed by atoms with Crippen LogP contribution in [-0.2, 0) is 0 Å². The summed E-state index contributed by atoms with van der Waals surface area (Å²) in [6, 6.07) is 1.45. The van der Waals surface area contributed by atoms with Crippen LogP contribution in [0.2, 0.25) is 0 Å². The van der Waals surface area contributed by atoms with Crippen molar-refractivity contribution in [2.75, 3.05) is 0 Å². The number of hydrogen-bond donors (Lipinski definition) is 1. The average Bonchev–Trinajstić information content (AvgIpc) is 2.43. The van der Waals surface area contributed by atoms with E-state index in [0.29, 0.717) is 0 Å². The predicted molar refractivity (Wildman–Crippen MR) is 43.5 cm³/mol. The molecule has 0 aliphatic carbocycles. The van der Waals surface area contributed by atoms with E-state index >= 15 is 0 Å². The predicted octanol–water partition coefficient (Wildman–Crippen LogP) is 1.06. The quantitative estimate of drug-likeness (QED) is 0.747. The number of aliphatic hydroxyl groups excluding tert-OH is 1. The third-order valence-corrected chi connectivity index (χ3v) is 1.84. The molecular formula is C8H7F2N3O. The van der Waals surface area contributed by atoms with Gasteiger partial charge in [0.05, 0.1) is 11.8 Å². The van der Waals surface area contributed by atoms with Crippen LogP contribution < -0.4 is 0 Å². The van der Waals surface area contributed by atoms with E-state index in [9.17, 15) is 13.9 Å². The summed E-state index contributed by atoms with van der Waals surface area (Å²) in [5.74, 6) is -2.30. The Kier molecular flexibility index (Phi) is 1.92.